The number of carboxylic acids is 1. The molecular formula is C64H60Cl5N23O15. The molecule has 0 saturated heterocycles. The number of hydrogen-bond donors (Lipinski definition) is 3. The molecule has 556 valence electrons. The lowest BCUT2D eigenvalue weighted by Gasteiger charge is -2.15. The van der Waals surface area contributed by atoms with Crippen LogP contribution in [0.4, 0.5) is 11.6 Å². The van der Waals surface area contributed by atoms with Crippen molar-refractivity contribution in [3.05, 3.63) is 205 Å². The van der Waals surface area contributed by atoms with Crippen LogP contribution in [0, 0.1) is 34.6 Å². The number of pyridine rings is 2. The predicted molar refractivity (Wildman–Crippen MR) is 386 cm³/mol. The average Bonchev–Trinajstić information content (AvgIpc) is 1.65. The summed E-state index contributed by atoms with van der Waals surface area (Å²) < 4.78 is 25.7. The van der Waals surface area contributed by atoms with Crippen molar-refractivity contribution in [1.82, 2.24) is 101 Å². The maximum atomic E-state index is 13.4. The van der Waals surface area contributed by atoms with Gasteiger partial charge in [0, 0.05) is 62.9 Å². The summed E-state index contributed by atoms with van der Waals surface area (Å²) in [6, 6.07) is 5.74. The number of nitrogens with one attached hydrogen (secondary N) is 1. The molecule has 4 N–H and O–H groups in total. The van der Waals surface area contributed by atoms with Crippen molar-refractivity contribution in [2.45, 2.75) is 93.1 Å². The number of nitrogens with zero attached hydrogens (tertiary/aromatic N) is 21. The molecule has 0 aliphatic carbocycles. The molecule has 13 rings (SSSR count). The summed E-state index contributed by atoms with van der Waals surface area (Å²) in [4.78, 5) is 169. The fraction of sp³-hybridized carbons (Fsp3) is 0.266. The first-order valence-electron chi connectivity index (χ1n) is 31.1. The Kier molecular flexibility index (Phi) is 24.5. The van der Waals surface area contributed by atoms with Crippen molar-refractivity contribution in [2.75, 3.05) is 11.1 Å². The lowest BCUT2D eigenvalue weighted by Crippen LogP contribution is -2.40. The number of aliphatic carboxylic acids is 1. The molecule has 0 aliphatic rings. The maximum absolute atomic E-state index is 13.4. The number of anilines is 2. The number of carbonyl (C=O) groups excluding carboxylic acids is 4. The van der Waals surface area contributed by atoms with Gasteiger partial charge in [0.05, 0.1) is 96.2 Å². The molecule has 3 atom stereocenters. The zero-order chi connectivity index (χ0) is 78.3. The molecule has 0 fully saturated rings. The number of carboxylic acid groups (broad SMARTS) is 1. The first-order chi connectivity index (χ1) is 50.6. The number of imidazole rings is 3. The third kappa shape index (κ3) is 17.6. The Morgan fingerprint density at radius 2 is 0.850 bits per heavy atom. The van der Waals surface area contributed by atoms with Gasteiger partial charge in [0.25, 0.3) is 16.7 Å². The zero-order valence-electron chi connectivity index (χ0n) is 58.0. The summed E-state index contributed by atoms with van der Waals surface area (Å²) in [5.74, 6) is 0.679. The monoisotopic (exact) mass is 1570 g/mol. The Morgan fingerprint density at radius 1 is 0.495 bits per heavy atom. The number of amides is 1. The van der Waals surface area contributed by atoms with Gasteiger partial charge in [0.2, 0.25) is 11.1 Å². The number of fused-ring (bicyclic) bond motifs is 3. The number of hydrogen-bond acceptors (Lipinski definition) is 27. The van der Waals surface area contributed by atoms with Gasteiger partial charge in [-0.1, -0.05) is 38.7 Å². The van der Waals surface area contributed by atoms with E-state index in [4.69, 9.17) is 54.1 Å². The second-order valence-electron chi connectivity index (χ2n) is 23.4. The molecule has 0 unspecified atom stereocenters. The zero-order valence-corrected chi connectivity index (χ0v) is 61.7. The Morgan fingerprint density at radius 3 is 1.18 bits per heavy atom. The van der Waals surface area contributed by atoms with Gasteiger partial charge in [-0.2, -0.15) is 0 Å². The molecule has 0 spiro atoms. The van der Waals surface area contributed by atoms with E-state index in [9.17, 15) is 57.8 Å². The molecule has 0 aromatic carbocycles. The van der Waals surface area contributed by atoms with Crippen molar-refractivity contribution in [2.24, 2.45) is 21.1 Å². The number of nitrogen functional groups attached to an aromatic ring is 1. The summed E-state index contributed by atoms with van der Waals surface area (Å²) in [5, 5.41) is 21.5. The van der Waals surface area contributed by atoms with E-state index >= 15 is 0 Å². The highest BCUT2D eigenvalue weighted by atomic mass is 35.5. The fourth-order valence-electron chi connectivity index (χ4n) is 10.1. The quantitative estimate of drug-likeness (QED) is 0.0814. The van der Waals surface area contributed by atoms with E-state index in [1.807, 2.05) is 6.92 Å². The van der Waals surface area contributed by atoms with Gasteiger partial charge < -0.3 is 43.4 Å². The molecule has 1 amide bonds. The van der Waals surface area contributed by atoms with E-state index < -0.39 is 79.5 Å². The molecule has 13 aromatic rings. The van der Waals surface area contributed by atoms with E-state index in [1.54, 1.807) is 90.5 Å². The second kappa shape index (κ2) is 33.2. The number of rotatable bonds is 16. The van der Waals surface area contributed by atoms with E-state index in [0.29, 0.717) is 72.9 Å². The summed E-state index contributed by atoms with van der Waals surface area (Å²) in [6.45, 7) is 13.1. The van der Waals surface area contributed by atoms with Crippen molar-refractivity contribution in [1.29, 1.82) is 0 Å². The van der Waals surface area contributed by atoms with Gasteiger partial charge >= 0.3 is 33.5 Å². The van der Waals surface area contributed by atoms with Crippen LogP contribution >= 0.6 is 58.0 Å². The Bertz CT molecular complexity index is 5830. The van der Waals surface area contributed by atoms with E-state index in [1.165, 1.54) is 93.0 Å². The van der Waals surface area contributed by atoms with E-state index in [2.05, 4.69) is 88.8 Å². The lowest BCUT2D eigenvalue weighted by atomic mass is 10.2. The molecule has 38 nitrogen and oxygen atoms in total. The van der Waals surface area contributed by atoms with Crippen LogP contribution in [0.3, 0.4) is 0 Å². The smallest absolute Gasteiger partial charge is 0.332 e. The highest BCUT2D eigenvalue weighted by Gasteiger charge is 2.27. The van der Waals surface area contributed by atoms with Crippen LogP contribution in [0.1, 0.15) is 84.6 Å². The van der Waals surface area contributed by atoms with Crippen molar-refractivity contribution >= 4 is 131 Å². The predicted octanol–water partition coefficient (Wildman–Crippen LogP) is 5.31. The minimum absolute atomic E-state index is 0.0483. The van der Waals surface area contributed by atoms with Crippen LogP contribution < -0.4 is 44.8 Å². The lowest BCUT2D eigenvalue weighted by molar-refractivity contribution is -0.140. The van der Waals surface area contributed by atoms with Crippen LogP contribution in [-0.2, 0) is 64.7 Å². The van der Waals surface area contributed by atoms with Gasteiger partial charge in [0.15, 0.2) is 39.3 Å². The Balaban J connectivity index is 0.000000168. The van der Waals surface area contributed by atoms with Crippen molar-refractivity contribution < 1.29 is 42.6 Å². The van der Waals surface area contributed by atoms with Gasteiger partial charge in [0.1, 0.15) is 58.3 Å². The Labute approximate surface area is 624 Å². The van der Waals surface area contributed by atoms with Crippen molar-refractivity contribution in [3.63, 3.8) is 0 Å². The molecule has 0 bridgehead atoms. The largest absolute Gasteiger partial charge is 0.480 e. The minimum atomic E-state index is -1.14. The van der Waals surface area contributed by atoms with Crippen LogP contribution in [0.25, 0.3) is 56.0 Å². The topological polar surface area (TPSA) is 485 Å². The summed E-state index contributed by atoms with van der Waals surface area (Å²) in [7, 11) is 4.47. The SMILES string of the molecule is Cc1cc(Cn2c(=O)c3c(ncn3[C@@H](C)C(=O)Cl)n(C)c2=O)no1.Cc1cc(Cn2c(=O)c3c(ncn3[C@@H](C)C(=O)Nc3cncc(-c4cnc(C)c(Cl)c4)n3)n(C)c2=O)no1.Cc1cc(Cn2c(=O)c3c(ncn3[C@@H](C)C(=O)O)n(C)c2=O)no1.Cc1ncc(-c2cncc(N)n2)cc1Cl.O=C(Cl)C(=O)Cl. The molecule has 43 heteroatoms. The first-order valence-corrected chi connectivity index (χ1v) is 33.0. The number of aromatic nitrogens is 21. The number of halogens is 5. The first kappa shape index (κ1) is 78.9. The van der Waals surface area contributed by atoms with Crippen LogP contribution in [0.2, 0.25) is 10.0 Å². The van der Waals surface area contributed by atoms with E-state index in [-0.39, 0.29) is 58.9 Å². The molecule has 0 saturated carbocycles. The summed E-state index contributed by atoms with van der Waals surface area (Å²) >= 11 is 26.7. The van der Waals surface area contributed by atoms with Gasteiger partial charge in [-0.25, -0.2) is 44.1 Å². The maximum Gasteiger partial charge on any atom is 0.332 e. The van der Waals surface area contributed by atoms with E-state index in [0.717, 1.165) is 25.0 Å². The van der Waals surface area contributed by atoms with Crippen LogP contribution in [0.5, 0.6) is 0 Å². The summed E-state index contributed by atoms with van der Waals surface area (Å²) in [5.41, 5.74) is 8.13. The molecule has 13 aromatic heterocycles. The van der Waals surface area contributed by atoms with Crippen LogP contribution in [0.15, 0.2) is 129 Å². The standard InChI is InChI=1S/C24H22ClN9O4.C14H14ClN5O4.C14H15N5O5.C10H9ClN4.C2Cl2O2/c1-12-5-16(31-38-12)10-33-23(36)20-21(32(4)24(33)37)28-11-34(20)14(3)22(35)30-19-9-26-8-18(29-19)15-6-17(25)13(2)27-7-15;1-7-4-9(17-24-7)5-19-13(22)10-12(18(3)14(19)23)16-6-20(10)8(2)11(15)21;1-7-4-9(16-24-7)5-18-12(20)10-11(17(3)14(18)23)15-6-19(10)8(2)13(21)22;1-6-8(11)2-7(3-14-6)9-4-13-5-10(12)15-9;3-1(5)2(4)6/h5-9,11,14H,10H2,1-4H3,(H,29,30,35);4,6,8H,5H2,1-3H3;4,6,8H,5H2,1-3H3,(H,21,22);2-5H,1H3,(H2,12,15);/t14-;2*8-;;/m000../s1. The summed E-state index contributed by atoms with van der Waals surface area (Å²) in [6.07, 6.45) is 13.3. The highest BCUT2D eigenvalue weighted by Crippen LogP contribution is 2.25. The highest BCUT2D eigenvalue weighted by molar-refractivity contribution is 6.97. The third-order valence-electron chi connectivity index (χ3n) is 15.8. The normalized spacial score (nSPS) is 11.9. The minimum Gasteiger partial charge on any atom is -0.480 e. The number of aryl methyl sites for hydroxylation is 8. The average molecular weight is 1570 g/mol. The van der Waals surface area contributed by atoms with Crippen molar-refractivity contribution in [3.8, 4) is 22.5 Å². The van der Waals surface area contributed by atoms with Crippen LogP contribution in [-0.4, -0.2) is 134 Å². The molecule has 0 radical (unpaired) electrons. The third-order valence-corrected chi connectivity index (χ3v) is 17.3. The van der Waals surface area contributed by atoms with Gasteiger partial charge in [-0.05, 0) is 102 Å². The number of nitrogens with two attached hydrogens (primary N) is 1. The van der Waals surface area contributed by atoms with Gasteiger partial charge in [-0.15, -0.1) is 0 Å². The fourth-order valence-corrected chi connectivity index (χ4v) is 10.5. The van der Waals surface area contributed by atoms with Gasteiger partial charge in [-0.3, -0.25) is 80.9 Å². The second-order valence-corrected chi connectivity index (χ2v) is 25.2. The molecule has 0 aliphatic heterocycles. The molecule has 13 heterocycles. The number of carbonyl (C=O) groups is 5. The molecule has 107 heavy (non-hydrogen) atoms. The molecular weight excluding hydrogens is 1510 g/mol. The Hall–Kier alpha value is -12.3.